The van der Waals surface area contributed by atoms with Gasteiger partial charge in [0.25, 0.3) is 0 Å². The maximum atomic E-state index is 13.4. The molecular formula is C20H27F9N4O7. The van der Waals surface area contributed by atoms with Gasteiger partial charge in [-0.3, -0.25) is 29.1 Å². The zero-order valence-corrected chi connectivity index (χ0v) is 20.6. The van der Waals surface area contributed by atoms with E-state index < -0.39 is 93.4 Å². The fraction of sp³-hybridized carbons (Fsp3) is 0.750. The fourth-order valence-electron chi connectivity index (χ4n) is 3.92. The van der Waals surface area contributed by atoms with Crippen molar-refractivity contribution < 1.29 is 74.3 Å². The van der Waals surface area contributed by atoms with E-state index in [9.17, 15) is 59.0 Å². The molecule has 1 aliphatic rings. The Labute approximate surface area is 220 Å². The molecular weight excluding hydrogens is 579 g/mol. The number of alkyl halides is 9. The fourth-order valence-corrected chi connectivity index (χ4v) is 3.92. The summed E-state index contributed by atoms with van der Waals surface area (Å²) in [5.74, 6) is -7.23. The number of carboxylic acids is 3. The van der Waals surface area contributed by atoms with E-state index in [0.717, 1.165) is 9.80 Å². The van der Waals surface area contributed by atoms with Crippen LogP contribution in [0.25, 0.3) is 0 Å². The van der Waals surface area contributed by atoms with E-state index in [1.807, 2.05) is 0 Å². The monoisotopic (exact) mass is 606 g/mol. The van der Waals surface area contributed by atoms with Crippen LogP contribution in [0.3, 0.4) is 0 Å². The standard InChI is InChI=1S/C20H27F9N4O7/c21-18(22,23)17(19(24,25)26,20(27,28)29)13(34)9-30-1-3-31(10-14(35)36)5-7-33(12-16(39)40)8-6-32(4-2-30)11-15(37)38/h9,34H,1-8,10-12H2,(H,35,36)(H,37,38)(H,39,40)/b13-9-. The van der Waals surface area contributed by atoms with E-state index in [4.69, 9.17) is 15.3 Å². The van der Waals surface area contributed by atoms with Gasteiger partial charge in [-0.2, -0.15) is 39.5 Å². The molecule has 0 saturated carbocycles. The summed E-state index contributed by atoms with van der Waals surface area (Å²) in [4.78, 5) is 37.6. The van der Waals surface area contributed by atoms with E-state index in [1.54, 1.807) is 0 Å². The molecule has 0 radical (unpaired) electrons. The molecule has 232 valence electrons. The molecule has 0 amide bonds. The lowest BCUT2D eigenvalue weighted by Crippen LogP contribution is -2.61. The van der Waals surface area contributed by atoms with Crippen molar-refractivity contribution in [3.63, 3.8) is 0 Å². The Morgan fingerprint density at radius 3 is 1.00 bits per heavy atom. The Bertz CT molecular complexity index is 857. The molecule has 1 saturated heterocycles. The first-order valence-corrected chi connectivity index (χ1v) is 11.3. The van der Waals surface area contributed by atoms with Crippen molar-refractivity contribution in [3.05, 3.63) is 12.0 Å². The molecule has 0 bridgehead atoms. The van der Waals surface area contributed by atoms with Crippen molar-refractivity contribution in [2.75, 3.05) is 72.0 Å². The van der Waals surface area contributed by atoms with Crippen LogP contribution in [0.1, 0.15) is 0 Å². The summed E-state index contributed by atoms with van der Waals surface area (Å²) in [5.41, 5.74) is -6.64. The summed E-state index contributed by atoms with van der Waals surface area (Å²) in [6.45, 7) is -4.91. The lowest BCUT2D eigenvalue weighted by Gasteiger charge is -2.38. The number of aliphatic hydroxyl groups excluding tert-OH is 1. The van der Waals surface area contributed by atoms with E-state index in [1.165, 1.54) is 4.90 Å². The van der Waals surface area contributed by atoms with E-state index in [0.29, 0.717) is 4.90 Å². The molecule has 0 unspecified atom stereocenters. The molecule has 4 N–H and O–H groups in total. The zero-order valence-electron chi connectivity index (χ0n) is 20.6. The second-order valence-corrected chi connectivity index (χ2v) is 8.80. The molecule has 0 aliphatic carbocycles. The molecule has 20 heteroatoms. The predicted molar refractivity (Wildman–Crippen MR) is 115 cm³/mol. The maximum absolute atomic E-state index is 13.4. The summed E-state index contributed by atoms with van der Waals surface area (Å²) in [5, 5.41) is 37.2. The van der Waals surface area contributed by atoms with Crippen LogP contribution in [-0.4, -0.2) is 148 Å². The number of aliphatic carboxylic acids is 3. The van der Waals surface area contributed by atoms with Crippen molar-refractivity contribution in [1.82, 2.24) is 19.6 Å². The molecule has 0 aromatic heterocycles. The van der Waals surface area contributed by atoms with E-state index >= 15 is 0 Å². The molecule has 1 fully saturated rings. The lowest BCUT2D eigenvalue weighted by atomic mass is 9.83. The number of hydrogen-bond acceptors (Lipinski definition) is 8. The predicted octanol–water partition coefficient (Wildman–Crippen LogP) is 1.53. The van der Waals surface area contributed by atoms with Gasteiger partial charge in [0.2, 0.25) is 0 Å². The lowest BCUT2D eigenvalue weighted by molar-refractivity contribution is -0.418. The van der Waals surface area contributed by atoms with Crippen LogP contribution in [0, 0.1) is 5.41 Å². The zero-order chi connectivity index (χ0) is 31.1. The molecule has 11 nitrogen and oxygen atoms in total. The van der Waals surface area contributed by atoms with Crippen molar-refractivity contribution in [3.8, 4) is 0 Å². The Hall–Kier alpha value is -3.00. The van der Waals surface area contributed by atoms with Crippen LogP contribution in [0.2, 0.25) is 0 Å². The van der Waals surface area contributed by atoms with Gasteiger partial charge in [-0.05, 0) is 0 Å². The van der Waals surface area contributed by atoms with E-state index in [2.05, 4.69) is 0 Å². The van der Waals surface area contributed by atoms with Gasteiger partial charge < -0.3 is 25.3 Å². The highest BCUT2D eigenvalue weighted by Crippen LogP contribution is 2.62. The van der Waals surface area contributed by atoms with Gasteiger partial charge in [-0.25, -0.2) is 0 Å². The molecule has 1 rings (SSSR count). The van der Waals surface area contributed by atoms with Gasteiger partial charge >= 0.3 is 41.9 Å². The third-order valence-electron chi connectivity index (χ3n) is 5.91. The van der Waals surface area contributed by atoms with Crippen molar-refractivity contribution in [1.29, 1.82) is 0 Å². The summed E-state index contributed by atoms with van der Waals surface area (Å²) in [7, 11) is 0. The number of hydrogen-bond donors (Lipinski definition) is 4. The molecule has 40 heavy (non-hydrogen) atoms. The number of aliphatic hydroxyl groups is 1. The third kappa shape index (κ3) is 9.29. The molecule has 0 spiro atoms. The summed E-state index contributed by atoms with van der Waals surface area (Å²) in [6, 6.07) is 0. The number of halogens is 9. The third-order valence-corrected chi connectivity index (χ3v) is 5.91. The largest absolute Gasteiger partial charge is 0.509 e. The first kappa shape index (κ1) is 35.0. The van der Waals surface area contributed by atoms with Crippen molar-refractivity contribution in [2.45, 2.75) is 18.5 Å². The maximum Gasteiger partial charge on any atom is 0.419 e. The molecule has 1 heterocycles. The van der Waals surface area contributed by atoms with Crippen LogP contribution in [-0.2, 0) is 14.4 Å². The number of allylic oxidation sites excluding steroid dienone is 1. The first-order chi connectivity index (χ1) is 18.1. The van der Waals surface area contributed by atoms with Gasteiger partial charge in [0.15, 0.2) is 0 Å². The molecule has 0 aromatic rings. The normalized spacial score (nSPS) is 19.1. The summed E-state index contributed by atoms with van der Waals surface area (Å²) < 4.78 is 121. The minimum atomic E-state index is -7.07. The Morgan fingerprint density at radius 1 is 0.525 bits per heavy atom. The minimum absolute atomic E-state index is 0.110. The van der Waals surface area contributed by atoms with Crippen LogP contribution in [0.4, 0.5) is 39.5 Å². The Balaban J connectivity index is 3.54. The van der Waals surface area contributed by atoms with Crippen LogP contribution >= 0.6 is 0 Å². The highest BCUT2D eigenvalue weighted by molar-refractivity contribution is 5.69. The summed E-state index contributed by atoms with van der Waals surface area (Å²) in [6.07, 6.45) is -21.6. The smallest absolute Gasteiger partial charge is 0.419 e. The first-order valence-electron chi connectivity index (χ1n) is 11.3. The number of carboxylic acid groups (broad SMARTS) is 3. The van der Waals surface area contributed by atoms with Crippen molar-refractivity contribution >= 4 is 17.9 Å². The van der Waals surface area contributed by atoms with Crippen LogP contribution in [0.15, 0.2) is 12.0 Å². The van der Waals surface area contributed by atoms with E-state index in [-0.39, 0.29) is 32.4 Å². The van der Waals surface area contributed by atoms with Gasteiger partial charge in [0.1, 0.15) is 5.76 Å². The van der Waals surface area contributed by atoms with Crippen LogP contribution in [0.5, 0.6) is 0 Å². The average Bonchev–Trinajstić information content (AvgIpc) is 2.71. The highest BCUT2D eigenvalue weighted by atomic mass is 19.4. The number of nitrogens with zero attached hydrogens (tertiary/aromatic N) is 4. The Morgan fingerprint density at radius 2 is 0.775 bits per heavy atom. The Kier molecular flexibility index (Phi) is 11.9. The highest BCUT2D eigenvalue weighted by Gasteiger charge is 2.86. The minimum Gasteiger partial charge on any atom is -0.509 e. The van der Waals surface area contributed by atoms with Crippen molar-refractivity contribution in [2.24, 2.45) is 5.41 Å². The van der Waals surface area contributed by atoms with Gasteiger partial charge in [0.05, 0.1) is 19.6 Å². The van der Waals surface area contributed by atoms with Gasteiger partial charge in [-0.1, -0.05) is 0 Å². The quantitative estimate of drug-likeness (QED) is 0.236. The van der Waals surface area contributed by atoms with Gasteiger partial charge in [-0.15, -0.1) is 0 Å². The second kappa shape index (κ2) is 13.6. The topological polar surface area (TPSA) is 145 Å². The molecule has 0 atom stereocenters. The average molecular weight is 606 g/mol. The van der Waals surface area contributed by atoms with Gasteiger partial charge in [0, 0.05) is 58.6 Å². The number of carbonyl (C=O) groups is 3. The second-order valence-electron chi connectivity index (χ2n) is 8.80. The summed E-state index contributed by atoms with van der Waals surface area (Å²) >= 11 is 0. The van der Waals surface area contributed by atoms with Crippen LogP contribution < -0.4 is 0 Å². The number of rotatable bonds is 8. The SMILES string of the molecule is O=C(O)CN1CCN(/C=C(\O)C(C(F)(F)F)(C(F)(F)F)C(F)(F)F)CCN(CC(=O)O)CCN(CC(=O)O)CC1. The molecule has 1 aliphatic heterocycles. The molecule has 0 aromatic carbocycles.